The summed E-state index contributed by atoms with van der Waals surface area (Å²) in [6, 6.07) is 4.15. The number of nitrogens with zero attached hydrogens (tertiary/aromatic N) is 2. The molecule has 1 atom stereocenters. The molecule has 2 nitrogen and oxygen atoms in total. The van der Waals surface area contributed by atoms with Gasteiger partial charge in [-0.2, -0.15) is 0 Å². The summed E-state index contributed by atoms with van der Waals surface area (Å²) in [6.07, 6.45) is 11.5. The molecule has 0 fully saturated rings. The number of aromatic nitrogens is 1. The molecule has 12 heavy (non-hydrogen) atoms. The van der Waals surface area contributed by atoms with E-state index in [4.69, 9.17) is 0 Å². The number of pyridine rings is 1. The van der Waals surface area contributed by atoms with Gasteiger partial charge in [-0.15, -0.1) is 0 Å². The van der Waals surface area contributed by atoms with E-state index < -0.39 is 0 Å². The monoisotopic (exact) mass is 157 g/mol. The van der Waals surface area contributed by atoms with Crippen LogP contribution in [0.5, 0.6) is 0 Å². The topological polar surface area (TPSA) is 25.2 Å². The Labute approximate surface area is 71.7 Å². The predicted octanol–water partition coefficient (Wildman–Crippen LogP) is 1.95. The molecule has 1 aliphatic heterocycles. The van der Waals surface area contributed by atoms with E-state index in [1.54, 1.807) is 6.20 Å². The van der Waals surface area contributed by atoms with E-state index in [0.717, 1.165) is 12.0 Å². The quantitative estimate of drug-likeness (QED) is 0.611. The molecule has 59 valence electrons. The average Bonchev–Trinajstić information content (AvgIpc) is 2.21. The molecule has 2 heteroatoms. The molecule has 1 radical (unpaired) electrons. The lowest BCUT2D eigenvalue weighted by atomic mass is 10.1. The van der Waals surface area contributed by atoms with E-state index in [1.807, 2.05) is 24.4 Å². The minimum absolute atomic E-state index is 0.226. The van der Waals surface area contributed by atoms with Crippen LogP contribution < -0.4 is 0 Å². The fourth-order valence-corrected chi connectivity index (χ4v) is 1.21. The molecular weight excluding hydrogens is 148 g/mol. The van der Waals surface area contributed by atoms with Crippen molar-refractivity contribution in [3.63, 3.8) is 0 Å². The van der Waals surface area contributed by atoms with Gasteiger partial charge in [-0.3, -0.25) is 9.98 Å². The second-order valence-electron chi connectivity index (χ2n) is 2.68. The molecule has 0 bridgehead atoms. The minimum Gasteiger partial charge on any atom is -0.285 e. The summed E-state index contributed by atoms with van der Waals surface area (Å²) in [6.45, 7) is 0. The van der Waals surface area contributed by atoms with Gasteiger partial charge in [-0.25, -0.2) is 0 Å². The first kappa shape index (κ1) is 7.22. The zero-order valence-corrected chi connectivity index (χ0v) is 6.64. The first-order chi connectivity index (χ1) is 5.97. The highest BCUT2D eigenvalue weighted by Gasteiger charge is 2.08. The normalized spacial score (nSPS) is 21.2. The molecule has 0 aromatic carbocycles. The Bertz CT molecular complexity index is 301. The first-order valence-electron chi connectivity index (χ1n) is 3.98. The van der Waals surface area contributed by atoms with Gasteiger partial charge in [0.05, 0.1) is 12.2 Å². The van der Waals surface area contributed by atoms with Gasteiger partial charge >= 0.3 is 0 Å². The lowest BCUT2D eigenvalue weighted by Crippen LogP contribution is -1.98. The van der Waals surface area contributed by atoms with Crippen molar-refractivity contribution in [1.82, 2.24) is 4.98 Å². The average molecular weight is 157 g/mol. The van der Waals surface area contributed by atoms with Crippen LogP contribution in [0, 0.1) is 6.20 Å². The third-order valence-electron chi connectivity index (χ3n) is 1.84. The molecule has 0 saturated carbocycles. The van der Waals surface area contributed by atoms with Gasteiger partial charge in [-0.1, -0.05) is 12.1 Å². The Morgan fingerprint density at radius 3 is 3.17 bits per heavy atom. The molecule has 2 heterocycles. The molecule has 0 N–H and O–H groups in total. The van der Waals surface area contributed by atoms with Crippen molar-refractivity contribution in [2.75, 3.05) is 0 Å². The number of hydrogen-bond donors (Lipinski definition) is 0. The summed E-state index contributed by atoms with van der Waals surface area (Å²) in [7, 11) is 0. The van der Waals surface area contributed by atoms with Crippen LogP contribution in [0.15, 0.2) is 35.5 Å². The zero-order chi connectivity index (χ0) is 8.23. The fraction of sp³-hybridized carbons (Fsp3) is 0.200. The predicted molar refractivity (Wildman–Crippen MR) is 48.1 cm³/mol. The highest BCUT2D eigenvalue weighted by Crippen LogP contribution is 2.21. The van der Waals surface area contributed by atoms with Crippen LogP contribution in [-0.2, 0) is 0 Å². The van der Waals surface area contributed by atoms with Crippen molar-refractivity contribution in [2.24, 2.45) is 4.99 Å². The molecule has 2 rings (SSSR count). The molecule has 1 aromatic heterocycles. The highest BCUT2D eigenvalue weighted by molar-refractivity contribution is 5.72. The van der Waals surface area contributed by atoms with Gasteiger partial charge in [0.25, 0.3) is 0 Å². The number of allylic oxidation sites excluding steroid dienone is 1. The molecule has 0 spiro atoms. The molecule has 0 amide bonds. The van der Waals surface area contributed by atoms with Crippen molar-refractivity contribution >= 4 is 6.21 Å². The maximum Gasteiger partial charge on any atom is 0.0943 e. The van der Waals surface area contributed by atoms with Gasteiger partial charge in [0.2, 0.25) is 0 Å². The summed E-state index contributed by atoms with van der Waals surface area (Å²) in [4.78, 5) is 8.25. The van der Waals surface area contributed by atoms with E-state index >= 15 is 0 Å². The van der Waals surface area contributed by atoms with Gasteiger partial charge in [0.15, 0.2) is 0 Å². The number of rotatable bonds is 1. The van der Waals surface area contributed by atoms with E-state index in [9.17, 15) is 0 Å². The largest absolute Gasteiger partial charge is 0.285 e. The summed E-state index contributed by atoms with van der Waals surface area (Å²) in [5.74, 6) is 0. The summed E-state index contributed by atoms with van der Waals surface area (Å²) in [5.41, 5.74) is 1.07. The Morgan fingerprint density at radius 1 is 1.50 bits per heavy atom. The Morgan fingerprint density at radius 2 is 2.50 bits per heavy atom. The summed E-state index contributed by atoms with van der Waals surface area (Å²) >= 11 is 0. The van der Waals surface area contributed by atoms with Crippen LogP contribution in [0.1, 0.15) is 18.0 Å². The minimum atomic E-state index is 0.226. The van der Waals surface area contributed by atoms with E-state index in [2.05, 4.69) is 22.2 Å². The lowest BCUT2D eigenvalue weighted by molar-refractivity contribution is 0.735. The van der Waals surface area contributed by atoms with E-state index in [0.29, 0.717) is 0 Å². The Kier molecular flexibility index (Phi) is 1.99. The molecule has 0 saturated heterocycles. The van der Waals surface area contributed by atoms with Crippen LogP contribution in [0.2, 0.25) is 0 Å². The van der Waals surface area contributed by atoms with E-state index in [-0.39, 0.29) is 6.04 Å². The SMILES string of the molecule is [c]1ncccc1C1CC=CC=N1. The van der Waals surface area contributed by atoms with Crippen molar-refractivity contribution in [3.8, 4) is 0 Å². The van der Waals surface area contributed by atoms with Crippen molar-refractivity contribution in [2.45, 2.75) is 12.5 Å². The van der Waals surface area contributed by atoms with Gasteiger partial charge < -0.3 is 0 Å². The molecule has 1 aromatic rings. The smallest absolute Gasteiger partial charge is 0.0943 e. The van der Waals surface area contributed by atoms with Crippen LogP contribution in [0.25, 0.3) is 0 Å². The summed E-state index contributed by atoms with van der Waals surface area (Å²) < 4.78 is 0. The van der Waals surface area contributed by atoms with Crippen LogP contribution in [0.3, 0.4) is 0 Å². The highest BCUT2D eigenvalue weighted by atomic mass is 14.8. The van der Waals surface area contributed by atoms with Crippen LogP contribution >= 0.6 is 0 Å². The summed E-state index contributed by atoms with van der Waals surface area (Å²) in [5, 5.41) is 0. The number of hydrogen-bond acceptors (Lipinski definition) is 2. The maximum atomic E-state index is 4.32. The third kappa shape index (κ3) is 1.42. The molecule has 1 aliphatic rings. The zero-order valence-electron chi connectivity index (χ0n) is 6.64. The third-order valence-corrected chi connectivity index (χ3v) is 1.84. The molecule has 1 unspecified atom stereocenters. The first-order valence-corrected chi connectivity index (χ1v) is 3.98. The van der Waals surface area contributed by atoms with Crippen LogP contribution in [0.4, 0.5) is 0 Å². The van der Waals surface area contributed by atoms with Gasteiger partial charge in [0.1, 0.15) is 0 Å². The Balaban J connectivity index is 2.21. The van der Waals surface area contributed by atoms with E-state index in [1.165, 1.54) is 0 Å². The van der Waals surface area contributed by atoms with Crippen molar-refractivity contribution < 1.29 is 0 Å². The fourth-order valence-electron chi connectivity index (χ4n) is 1.21. The Hall–Kier alpha value is -1.44. The van der Waals surface area contributed by atoms with Gasteiger partial charge in [0, 0.05) is 18.0 Å². The second kappa shape index (κ2) is 3.30. The number of dihydropyridines is 1. The maximum absolute atomic E-state index is 4.32. The number of aliphatic imine (C=N–C) groups is 1. The van der Waals surface area contributed by atoms with Crippen LogP contribution in [-0.4, -0.2) is 11.2 Å². The molecule has 0 aliphatic carbocycles. The molecular formula is C10H9N2. The van der Waals surface area contributed by atoms with Gasteiger partial charge in [-0.05, 0) is 18.6 Å². The van der Waals surface area contributed by atoms with Crippen molar-refractivity contribution in [1.29, 1.82) is 0 Å². The lowest BCUT2D eigenvalue weighted by Gasteiger charge is -2.10. The standard InChI is InChI=1S/C10H9N2/c1-2-7-12-10(5-1)9-4-3-6-11-8-9/h1-4,6-7,10H,5H2. The second-order valence-corrected chi connectivity index (χ2v) is 2.68. The van der Waals surface area contributed by atoms with Crippen molar-refractivity contribution in [3.05, 3.63) is 42.2 Å².